The Morgan fingerprint density at radius 2 is 2.06 bits per heavy atom. The number of ether oxygens (including phenoxy) is 1. The number of piperidine rings is 1. The van der Waals surface area contributed by atoms with Gasteiger partial charge in [0.1, 0.15) is 6.61 Å². The van der Waals surface area contributed by atoms with Gasteiger partial charge in [0, 0.05) is 18.6 Å². The first-order valence-corrected chi connectivity index (χ1v) is 7.02. The van der Waals surface area contributed by atoms with Crippen molar-refractivity contribution in [2.24, 2.45) is 5.92 Å². The summed E-state index contributed by atoms with van der Waals surface area (Å²) in [6, 6.07) is 0.138. The molecule has 0 radical (unpaired) electrons. The summed E-state index contributed by atoms with van der Waals surface area (Å²) in [5.74, 6) is 0.187. The molecule has 104 valence electrons. The molecular weight excluding hydrogens is 232 g/mol. The second kappa shape index (κ2) is 7.07. The first-order chi connectivity index (χ1) is 8.79. The molecule has 3 N–H and O–H groups in total. The summed E-state index contributed by atoms with van der Waals surface area (Å²) in [4.78, 5) is 11.8. The summed E-state index contributed by atoms with van der Waals surface area (Å²) in [5.41, 5.74) is 0. The molecule has 1 saturated heterocycles. The molecule has 1 heterocycles. The first-order valence-electron chi connectivity index (χ1n) is 7.02. The van der Waals surface area contributed by atoms with E-state index in [1.54, 1.807) is 0 Å². The lowest BCUT2D eigenvalue weighted by atomic mass is 10.1. The molecule has 0 aromatic heterocycles. The summed E-state index contributed by atoms with van der Waals surface area (Å²) in [7, 11) is 0. The molecule has 5 nitrogen and oxygen atoms in total. The van der Waals surface area contributed by atoms with Crippen LogP contribution in [0, 0.1) is 5.92 Å². The van der Waals surface area contributed by atoms with Crippen molar-refractivity contribution in [3.8, 4) is 0 Å². The van der Waals surface area contributed by atoms with Gasteiger partial charge in [0.15, 0.2) is 0 Å². The van der Waals surface area contributed by atoms with Crippen LogP contribution in [0.3, 0.4) is 0 Å². The Labute approximate surface area is 108 Å². The number of nitrogens with one attached hydrogen (secondary N) is 2. The van der Waals surface area contributed by atoms with Crippen molar-refractivity contribution in [3.05, 3.63) is 0 Å². The van der Waals surface area contributed by atoms with Crippen LogP contribution in [0.1, 0.15) is 32.1 Å². The smallest absolute Gasteiger partial charge is 0.246 e. The highest BCUT2D eigenvalue weighted by atomic mass is 16.5. The van der Waals surface area contributed by atoms with E-state index in [4.69, 9.17) is 4.74 Å². The minimum atomic E-state index is -0.0427. The second-order valence-electron chi connectivity index (χ2n) is 5.31. The maximum Gasteiger partial charge on any atom is 0.246 e. The zero-order valence-corrected chi connectivity index (χ0v) is 10.9. The van der Waals surface area contributed by atoms with E-state index in [1.807, 2.05) is 0 Å². The molecule has 1 amide bonds. The van der Waals surface area contributed by atoms with Gasteiger partial charge in [-0.1, -0.05) is 6.42 Å². The number of carbonyl (C=O) groups is 1. The van der Waals surface area contributed by atoms with Gasteiger partial charge in [-0.3, -0.25) is 4.79 Å². The van der Waals surface area contributed by atoms with Crippen molar-refractivity contribution in [3.63, 3.8) is 0 Å². The van der Waals surface area contributed by atoms with E-state index in [9.17, 15) is 9.90 Å². The van der Waals surface area contributed by atoms with Gasteiger partial charge in [0.25, 0.3) is 0 Å². The topological polar surface area (TPSA) is 70.6 Å². The average molecular weight is 256 g/mol. The highest BCUT2D eigenvalue weighted by Gasteiger charge is 2.28. The third kappa shape index (κ3) is 3.93. The zero-order chi connectivity index (χ0) is 12.8. The Balaban J connectivity index is 1.65. The lowest BCUT2D eigenvalue weighted by molar-refractivity contribution is -0.129. The van der Waals surface area contributed by atoms with E-state index in [0.717, 1.165) is 45.2 Å². The van der Waals surface area contributed by atoms with Gasteiger partial charge in [0.05, 0.1) is 6.10 Å². The highest BCUT2D eigenvalue weighted by molar-refractivity contribution is 5.77. The third-order valence-electron chi connectivity index (χ3n) is 3.98. The number of carbonyl (C=O) groups excluding carboxylic acids is 1. The number of amides is 1. The quantitative estimate of drug-likeness (QED) is 0.649. The molecule has 1 aliphatic heterocycles. The van der Waals surface area contributed by atoms with Gasteiger partial charge in [0.2, 0.25) is 5.91 Å². The maximum absolute atomic E-state index is 11.8. The predicted molar refractivity (Wildman–Crippen MR) is 68.2 cm³/mol. The van der Waals surface area contributed by atoms with Crippen LogP contribution in [0.4, 0.5) is 0 Å². The van der Waals surface area contributed by atoms with Crippen molar-refractivity contribution in [2.45, 2.75) is 44.2 Å². The van der Waals surface area contributed by atoms with E-state index in [0.29, 0.717) is 0 Å². The van der Waals surface area contributed by atoms with Crippen molar-refractivity contribution in [1.82, 2.24) is 10.6 Å². The predicted octanol–water partition coefficient (Wildman–Crippen LogP) is 0.0322. The van der Waals surface area contributed by atoms with Gasteiger partial charge >= 0.3 is 0 Å². The van der Waals surface area contributed by atoms with Crippen LogP contribution in [0.5, 0.6) is 0 Å². The molecule has 18 heavy (non-hydrogen) atoms. The largest absolute Gasteiger partial charge is 0.396 e. The standard InChI is InChI=1S/C13H24N2O3/c16-8-10-2-1-3-12(10)15-13(17)9-18-11-4-6-14-7-5-11/h10-12,14,16H,1-9H2,(H,15,17). The molecule has 1 saturated carbocycles. The van der Waals surface area contributed by atoms with Crippen LogP contribution in [-0.4, -0.2) is 49.5 Å². The maximum atomic E-state index is 11.8. The SMILES string of the molecule is O=C(COC1CCNCC1)NC1CCCC1CO. The summed E-state index contributed by atoms with van der Waals surface area (Å²) >= 11 is 0. The number of rotatable bonds is 5. The molecule has 1 aliphatic carbocycles. The fourth-order valence-corrected chi connectivity index (χ4v) is 2.85. The van der Waals surface area contributed by atoms with Gasteiger partial charge in [-0.15, -0.1) is 0 Å². The lowest BCUT2D eigenvalue weighted by Gasteiger charge is -2.24. The molecule has 0 bridgehead atoms. The molecule has 0 aromatic rings. The van der Waals surface area contributed by atoms with Crippen molar-refractivity contribution < 1.29 is 14.6 Å². The molecule has 2 fully saturated rings. The fourth-order valence-electron chi connectivity index (χ4n) is 2.85. The van der Waals surface area contributed by atoms with Gasteiger partial charge < -0.3 is 20.5 Å². The molecule has 0 aromatic carbocycles. The van der Waals surface area contributed by atoms with Crippen LogP contribution in [-0.2, 0) is 9.53 Å². The van der Waals surface area contributed by atoms with Crippen LogP contribution in [0.2, 0.25) is 0 Å². The Morgan fingerprint density at radius 3 is 2.78 bits per heavy atom. The van der Waals surface area contributed by atoms with E-state index in [1.165, 1.54) is 0 Å². The number of hydrogen-bond acceptors (Lipinski definition) is 4. The van der Waals surface area contributed by atoms with Crippen molar-refractivity contribution in [2.75, 3.05) is 26.3 Å². The van der Waals surface area contributed by atoms with Crippen molar-refractivity contribution in [1.29, 1.82) is 0 Å². The van der Waals surface area contributed by atoms with Crippen LogP contribution in [0.15, 0.2) is 0 Å². The minimum absolute atomic E-state index is 0.0427. The fraction of sp³-hybridized carbons (Fsp3) is 0.923. The van der Waals surface area contributed by atoms with E-state index >= 15 is 0 Å². The van der Waals surface area contributed by atoms with Crippen molar-refractivity contribution >= 4 is 5.91 Å². The Hall–Kier alpha value is -0.650. The summed E-state index contributed by atoms with van der Waals surface area (Å²) in [5, 5.41) is 15.4. The highest BCUT2D eigenvalue weighted by Crippen LogP contribution is 2.24. The first kappa shape index (κ1) is 13.8. The Morgan fingerprint density at radius 1 is 1.28 bits per heavy atom. The molecule has 5 heteroatoms. The van der Waals surface area contributed by atoms with Crippen LogP contribution in [0.25, 0.3) is 0 Å². The Bertz CT molecular complexity index is 267. The van der Waals surface area contributed by atoms with Gasteiger partial charge in [-0.2, -0.15) is 0 Å². The Kier molecular flexibility index (Phi) is 5.41. The summed E-state index contributed by atoms with van der Waals surface area (Å²) in [6.45, 7) is 2.27. The van der Waals surface area contributed by atoms with E-state index in [2.05, 4.69) is 10.6 Å². The summed E-state index contributed by atoms with van der Waals surface area (Å²) < 4.78 is 5.61. The number of hydrogen-bond donors (Lipinski definition) is 3. The monoisotopic (exact) mass is 256 g/mol. The molecule has 2 aliphatic rings. The molecular formula is C13H24N2O3. The molecule has 2 atom stereocenters. The van der Waals surface area contributed by atoms with E-state index < -0.39 is 0 Å². The number of aliphatic hydroxyl groups excluding tert-OH is 1. The zero-order valence-electron chi connectivity index (χ0n) is 10.9. The molecule has 2 rings (SSSR count). The van der Waals surface area contributed by atoms with E-state index in [-0.39, 0.29) is 37.2 Å². The minimum Gasteiger partial charge on any atom is -0.396 e. The average Bonchev–Trinajstić information content (AvgIpc) is 2.85. The summed E-state index contributed by atoms with van der Waals surface area (Å²) in [6.07, 6.45) is 5.26. The second-order valence-corrected chi connectivity index (χ2v) is 5.31. The van der Waals surface area contributed by atoms with Crippen LogP contribution < -0.4 is 10.6 Å². The van der Waals surface area contributed by atoms with Crippen LogP contribution >= 0.6 is 0 Å². The lowest BCUT2D eigenvalue weighted by Crippen LogP contribution is -2.41. The molecule has 2 unspecified atom stereocenters. The number of aliphatic hydroxyl groups is 1. The van der Waals surface area contributed by atoms with Gasteiger partial charge in [-0.25, -0.2) is 0 Å². The van der Waals surface area contributed by atoms with Gasteiger partial charge in [-0.05, 0) is 38.8 Å². The normalized spacial score (nSPS) is 29.4. The third-order valence-corrected chi connectivity index (χ3v) is 3.98. The molecule has 0 spiro atoms.